The van der Waals surface area contributed by atoms with E-state index in [1.54, 1.807) is 43.5 Å². The van der Waals surface area contributed by atoms with Crippen LogP contribution in [-0.2, 0) is 4.74 Å². The lowest BCUT2D eigenvalue weighted by molar-refractivity contribution is 0.0193. The van der Waals surface area contributed by atoms with E-state index in [-0.39, 0.29) is 28.9 Å². The first-order valence-electron chi connectivity index (χ1n) is 11.1. The Kier molecular flexibility index (Phi) is 7.10. The van der Waals surface area contributed by atoms with Crippen LogP contribution in [0.1, 0.15) is 47.5 Å². The molecule has 1 aliphatic carbocycles. The lowest BCUT2D eigenvalue weighted by Crippen LogP contribution is -2.24. The third-order valence-electron chi connectivity index (χ3n) is 6.29. The Morgan fingerprint density at radius 1 is 0.824 bits per heavy atom. The first kappa shape index (κ1) is 23.7. The van der Waals surface area contributed by atoms with Crippen LogP contribution in [-0.4, -0.2) is 26.3 Å². The van der Waals surface area contributed by atoms with Crippen molar-refractivity contribution in [3.05, 3.63) is 83.2 Å². The monoisotopic (exact) mass is 470 g/mol. The molecular formula is C27H25F3O4. The molecule has 4 rings (SSSR count). The molecule has 7 heteroatoms. The predicted molar refractivity (Wildman–Crippen MR) is 122 cm³/mol. The summed E-state index contributed by atoms with van der Waals surface area (Å²) in [6, 6.07) is 13.9. The van der Waals surface area contributed by atoms with Gasteiger partial charge < -0.3 is 14.2 Å². The lowest BCUT2D eigenvalue weighted by atomic mass is 9.82. The number of benzene rings is 3. The Morgan fingerprint density at radius 3 is 2.15 bits per heavy atom. The minimum absolute atomic E-state index is 0.0457. The van der Waals surface area contributed by atoms with Crippen LogP contribution in [0.25, 0.3) is 11.1 Å². The Bertz CT molecular complexity index is 1170. The standard InChI is InChI=1S/C27H25F3O4/c1-32-19-8-3-16(4-9-19)21-12-13-22(26(30)25(21)29)17-5-10-20(11-6-17)34-27(31)18-7-14-24(33-2)23(28)15-18/h3-4,7-9,12-15,17,20H,5-6,10-11H2,1-2H3. The summed E-state index contributed by atoms with van der Waals surface area (Å²) in [7, 11) is 2.88. The zero-order chi connectivity index (χ0) is 24.2. The quantitative estimate of drug-likeness (QED) is 0.378. The summed E-state index contributed by atoms with van der Waals surface area (Å²) in [5.74, 6) is -2.48. The number of rotatable bonds is 6. The average Bonchev–Trinajstić information content (AvgIpc) is 2.86. The highest BCUT2D eigenvalue weighted by Crippen LogP contribution is 2.38. The second kappa shape index (κ2) is 10.2. The van der Waals surface area contributed by atoms with Gasteiger partial charge in [-0.1, -0.05) is 24.3 Å². The molecule has 0 radical (unpaired) electrons. The highest BCUT2D eigenvalue weighted by atomic mass is 19.2. The molecule has 0 atom stereocenters. The van der Waals surface area contributed by atoms with Gasteiger partial charge in [-0.15, -0.1) is 0 Å². The zero-order valence-electron chi connectivity index (χ0n) is 18.9. The maximum atomic E-state index is 15.0. The van der Waals surface area contributed by atoms with Crippen molar-refractivity contribution in [3.63, 3.8) is 0 Å². The zero-order valence-corrected chi connectivity index (χ0v) is 18.9. The van der Waals surface area contributed by atoms with E-state index in [0.717, 1.165) is 6.07 Å². The van der Waals surface area contributed by atoms with Crippen molar-refractivity contribution in [2.24, 2.45) is 0 Å². The summed E-state index contributed by atoms with van der Waals surface area (Å²) in [6.07, 6.45) is 1.76. The van der Waals surface area contributed by atoms with Crippen LogP contribution < -0.4 is 9.47 Å². The number of ether oxygens (including phenoxy) is 3. The molecule has 0 spiro atoms. The van der Waals surface area contributed by atoms with Crippen molar-refractivity contribution in [1.29, 1.82) is 0 Å². The van der Waals surface area contributed by atoms with Crippen molar-refractivity contribution in [2.75, 3.05) is 14.2 Å². The molecule has 0 N–H and O–H groups in total. The van der Waals surface area contributed by atoms with Gasteiger partial charge in [0.15, 0.2) is 23.2 Å². The number of esters is 1. The van der Waals surface area contributed by atoms with Gasteiger partial charge in [0, 0.05) is 5.56 Å². The van der Waals surface area contributed by atoms with Crippen LogP contribution in [0.5, 0.6) is 11.5 Å². The average molecular weight is 470 g/mol. The SMILES string of the molecule is COc1ccc(-c2ccc(C3CCC(OC(=O)c4ccc(OC)c(F)c4)CC3)c(F)c2F)cc1. The van der Waals surface area contributed by atoms with Crippen LogP contribution in [0.3, 0.4) is 0 Å². The summed E-state index contributed by atoms with van der Waals surface area (Å²) in [5.41, 5.74) is 1.19. The third kappa shape index (κ3) is 4.88. The van der Waals surface area contributed by atoms with E-state index >= 15 is 0 Å². The molecule has 0 saturated heterocycles. The molecule has 178 valence electrons. The summed E-state index contributed by atoms with van der Waals surface area (Å²) >= 11 is 0. The highest BCUT2D eigenvalue weighted by Gasteiger charge is 2.28. The van der Waals surface area contributed by atoms with Crippen LogP contribution in [0, 0.1) is 17.5 Å². The molecule has 1 fully saturated rings. The van der Waals surface area contributed by atoms with E-state index in [2.05, 4.69) is 0 Å². The number of carbonyl (C=O) groups excluding carboxylic acids is 1. The van der Waals surface area contributed by atoms with E-state index in [4.69, 9.17) is 14.2 Å². The Balaban J connectivity index is 1.40. The van der Waals surface area contributed by atoms with Gasteiger partial charge in [0.2, 0.25) is 0 Å². The highest BCUT2D eigenvalue weighted by molar-refractivity contribution is 5.89. The Hall–Kier alpha value is -3.48. The van der Waals surface area contributed by atoms with Gasteiger partial charge in [-0.3, -0.25) is 0 Å². The molecule has 0 aliphatic heterocycles. The fraction of sp³-hybridized carbons (Fsp3) is 0.296. The second-order valence-electron chi connectivity index (χ2n) is 8.29. The summed E-state index contributed by atoms with van der Waals surface area (Å²) in [4.78, 5) is 12.4. The van der Waals surface area contributed by atoms with Crippen LogP contribution in [0.15, 0.2) is 54.6 Å². The second-order valence-corrected chi connectivity index (χ2v) is 8.29. The van der Waals surface area contributed by atoms with Crippen molar-refractivity contribution < 1.29 is 32.2 Å². The first-order valence-corrected chi connectivity index (χ1v) is 11.1. The van der Waals surface area contributed by atoms with E-state index < -0.39 is 23.4 Å². The molecule has 3 aromatic rings. The third-order valence-corrected chi connectivity index (χ3v) is 6.29. The maximum absolute atomic E-state index is 15.0. The van der Waals surface area contributed by atoms with Gasteiger partial charge >= 0.3 is 5.97 Å². The molecule has 0 aromatic heterocycles. The van der Waals surface area contributed by atoms with Gasteiger partial charge in [-0.2, -0.15) is 0 Å². The van der Waals surface area contributed by atoms with Crippen molar-refractivity contribution in [2.45, 2.75) is 37.7 Å². The van der Waals surface area contributed by atoms with Gasteiger partial charge in [-0.25, -0.2) is 18.0 Å². The smallest absolute Gasteiger partial charge is 0.338 e. The minimum Gasteiger partial charge on any atom is -0.497 e. The number of carbonyl (C=O) groups is 1. The van der Waals surface area contributed by atoms with Crippen molar-refractivity contribution >= 4 is 5.97 Å². The van der Waals surface area contributed by atoms with Crippen molar-refractivity contribution in [3.8, 4) is 22.6 Å². The van der Waals surface area contributed by atoms with Crippen molar-refractivity contribution in [1.82, 2.24) is 0 Å². The number of hydrogen-bond acceptors (Lipinski definition) is 4. The molecule has 0 heterocycles. The van der Waals surface area contributed by atoms with E-state index in [9.17, 15) is 18.0 Å². The van der Waals surface area contributed by atoms with Crippen LogP contribution in [0.4, 0.5) is 13.2 Å². The number of hydrogen-bond donors (Lipinski definition) is 0. The van der Waals surface area contributed by atoms with E-state index in [0.29, 0.717) is 42.6 Å². The van der Waals surface area contributed by atoms with E-state index in [1.165, 1.54) is 19.2 Å². The molecule has 0 bridgehead atoms. The number of halogens is 3. The predicted octanol–water partition coefficient (Wildman–Crippen LogP) is 6.67. The lowest BCUT2D eigenvalue weighted by Gasteiger charge is -2.29. The summed E-state index contributed by atoms with van der Waals surface area (Å²) in [6.45, 7) is 0. The Labute approximate surface area is 196 Å². The molecular weight excluding hydrogens is 445 g/mol. The Morgan fingerprint density at radius 2 is 1.53 bits per heavy atom. The summed E-state index contributed by atoms with van der Waals surface area (Å²) in [5, 5.41) is 0. The van der Waals surface area contributed by atoms with Gasteiger partial charge in [0.1, 0.15) is 11.9 Å². The van der Waals surface area contributed by atoms with E-state index in [1.807, 2.05) is 0 Å². The first-order chi connectivity index (χ1) is 16.4. The molecule has 4 nitrogen and oxygen atoms in total. The topological polar surface area (TPSA) is 44.8 Å². The fourth-order valence-electron chi connectivity index (χ4n) is 4.38. The van der Waals surface area contributed by atoms with Gasteiger partial charge in [0.25, 0.3) is 0 Å². The fourth-order valence-corrected chi connectivity index (χ4v) is 4.38. The van der Waals surface area contributed by atoms with Crippen LogP contribution >= 0.6 is 0 Å². The van der Waals surface area contributed by atoms with Crippen LogP contribution in [0.2, 0.25) is 0 Å². The van der Waals surface area contributed by atoms with Gasteiger partial charge in [-0.05, 0) is 73.1 Å². The largest absolute Gasteiger partial charge is 0.497 e. The summed E-state index contributed by atoms with van der Waals surface area (Å²) < 4.78 is 59.2. The molecule has 3 aromatic carbocycles. The molecule has 34 heavy (non-hydrogen) atoms. The van der Waals surface area contributed by atoms with Gasteiger partial charge in [0.05, 0.1) is 19.8 Å². The maximum Gasteiger partial charge on any atom is 0.338 e. The molecule has 0 unspecified atom stereocenters. The molecule has 0 amide bonds. The number of methoxy groups -OCH3 is 2. The molecule has 1 saturated carbocycles. The normalized spacial score (nSPS) is 17.8. The minimum atomic E-state index is -0.877. The molecule has 1 aliphatic rings.